The van der Waals surface area contributed by atoms with Crippen LogP contribution in [0.15, 0.2) is 131 Å². The van der Waals surface area contributed by atoms with Gasteiger partial charge in [-0.3, -0.25) is 0 Å². The predicted molar refractivity (Wildman–Crippen MR) is 181 cm³/mol. The molecule has 2 rings (SSSR count). The molecule has 0 saturated carbocycles. The predicted octanol–water partition coefficient (Wildman–Crippen LogP) is 12.3. The van der Waals surface area contributed by atoms with Gasteiger partial charge in [0.15, 0.2) is 0 Å². The zero-order valence-electron chi connectivity index (χ0n) is 27.2. The van der Waals surface area contributed by atoms with E-state index in [0.29, 0.717) is 17.3 Å². The minimum absolute atomic E-state index is 0.231. The van der Waals surface area contributed by atoms with Gasteiger partial charge in [-0.1, -0.05) is 160 Å². The molecular weight excluding hydrogens is 480 g/mol. The molecule has 0 heteroatoms. The van der Waals surface area contributed by atoms with Crippen LogP contribution in [0.25, 0.3) is 0 Å². The molecule has 0 aromatic rings. The monoisotopic (exact) mass is 536 g/mol. The third-order valence-electron chi connectivity index (χ3n) is 8.42. The normalized spacial score (nSPS) is 25.1. The van der Waals surface area contributed by atoms with Gasteiger partial charge in [0.2, 0.25) is 0 Å². The van der Waals surface area contributed by atoms with Gasteiger partial charge in [0.05, 0.1) is 0 Å². The highest BCUT2D eigenvalue weighted by molar-refractivity contribution is 5.37. The van der Waals surface area contributed by atoms with E-state index in [-0.39, 0.29) is 5.41 Å². The van der Waals surface area contributed by atoms with Crippen LogP contribution in [-0.2, 0) is 0 Å². The van der Waals surface area contributed by atoms with E-state index < -0.39 is 0 Å². The van der Waals surface area contributed by atoms with Crippen LogP contribution in [0, 0.1) is 22.7 Å². The van der Waals surface area contributed by atoms with E-state index in [2.05, 4.69) is 166 Å². The lowest BCUT2D eigenvalue weighted by molar-refractivity contribution is 0.238. The van der Waals surface area contributed by atoms with Gasteiger partial charge in [-0.25, -0.2) is 0 Å². The summed E-state index contributed by atoms with van der Waals surface area (Å²) in [7, 11) is 0. The Labute approximate surface area is 247 Å². The summed E-state index contributed by atoms with van der Waals surface area (Å²) in [5.41, 5.74) is 8.61. The Bertz CT molecular complexity index is 1180. The van der Waals surface area contributed by atoms with Crippen LogP contribution in [-0.4, -0.2) is 0 Å². The molecule has 0 radical (unpaired) electrons. The van der Waals surface area contributed by atoms with Crippen molar-refractivity contribution in [3.05, 3.63) is 131 Å². The Morgan fingerprint density at radius 3 is 1.82 bits per heavy atom. The molecule has 0 aromatic carbocycles. The van der Waals surface area contributed by atoms with E-state index >= 15 is 0 Å². The van der Waals surface area contributed by atoms with Gasteiger partial charge in [0.25, 0.3) is 0 Å². The van der Waals surface area contributed by atoms with Crippen molar-refractivity contribution in [1.29, 1.82) is 0 Å². The highest BCUT2D eigenvalue weighted by atomic mass is 14.4. The lowest BCUT2D eigenvalue weighted by Crippen LogP contribution is -2.28. The van der Waals surface area contributed by atoms with Crippen LogP contribution in [0.2, 0.25) is 0 Å². The van der Waals surface area contributed by atoms with Crippen LogP contribution < -0.4 is 0 Å². The van der Waals surface area contributed by atoms with Crippen molar-refractivity contribution < 1.29 is 0 Å². The Morgan fingerprint density at radius 2 is 1.27 bits per heavy atom. The molecule has 0 heterocycles. The van der Waals surface area contributed by atoms with Gasteiger partial charge in [0.1, 0.15) is 0 Å². The molecule has 0 unspecified atom stereocenters. The molecule has 0 aromatic heterocycles. The number of rotatable bonds is 10. The summed E-state index contributed by atoms with van der Waals surface area (Å²) >= 11 is 0. The van der Waals surface area contributed by atoms with E-state index in [1.54, 1.807) is 5.57 Å². The maximum Gasteiger partial charge on any atom is -0.0104 e. The van der Waals surface area contributed by atoms with Crippen molar-refractivity contribution in [2.45, 2.75) is 94.9 Å². The first-order chi connectivity index (χ1) is 18.8. The second-order valence-electron chi connectivity index (χ2n) is 13.3. The third kappa shape index (κ3) is 11.3. The summed E-state index contributed by atoms with van der Waals surface area (Å²) in [6.07, 6.45) is 40.6. The first-order valence-corrected chi connectivity index (χ1v) is 15.3. The van der Waals surface area contributed by atoms with E-state index in [1.165, 1.54) is 53.5 Å². The molecule has 0 aliphatic heterocycles. The van der Waals surface area contributed by atoms with E-state index in [1.807, 2.05) is 0 Å². The van der Waals surface area contributed by atoms with Gasteiger partial charge < -0.3 is 0 Å². The maximum atomic E-state index is 2.41. The molecular formula is C40H56. The second kappa shape index (κ2) is 15.8. The smallest absolute Gasteiger partial charge is 0.0104 e. The number of hydrogen-bond acceptors (Lipinski definition) is 0. The Hall–Kier alpha value is -2.86. The molecule has 40 heavy (non-hydrogen) atoms. The molecule has 0 spiro atoms. The average molecular weight is 537 g/mol. The largest absolute Gasteiger partial charge is 0.0877 e. The zero-order valence-corrected chi connectivity index (χ0v) is 27.2. The van der Waals surface area contributed by atoms with Gasteiger partial charge in [0, 0.05) is 0 Å². The number of allylic oxidation sites excluding steroid dienone is 22. The SMILES string of the molecule is CC1=C(/C=C/C(C)=C\C=C\C(C)=C\C=C\C=C(C)/C=C/C=C(C)/C=C/[C@H]2[C@H](C)CC=CC2(C)C)C(C)(C)CCC1. The summed E-state index contributed by atoms with van der Waals surface area (Å²) in [4.78, 5) is 0. The van der Waals surface area contributed by atoms with Crippen molar-refractivity contribution in [3.8, 4) is 0 Å². The first kappa shape index (κ1) is 33.3. The van der Waals surface area contributed by atoms with E-state index in [9.17, 15) is 0 Å². The molecule has 0 amide bonds. The summed E-state index contributed by atoms with van der Waals surface area (Å²) in [6, 6.07) is 0. The zero-order chi connectivity index (χ0) is 29.8. The fourth-order valence-electron chi connectivity index (χ4n) is 5.84. The fourth-order valence-corrected chi connectivity index (χ4v) is 5.84. The second-order valence-corrected chi connectivity index (χ2v) is 13.3. The van der Waals surface area contributed by atoms with Crippen molar-refractivity contribution in [1.82, 2.24) is 0 Å². The number of hydrogen-bond donors (Lipinski definition) is 0. The fraction of sp³-hybridized carbons (Fsp3) is 0.450. The molecule has 2 aliphatic rings. The van der Waals surface area contributed by atoms with E-state index in [0.717, 1.165) is 0 Å². The topological polar surface area (TPSA) is 0 Å². The summed E-state index contributed by atoms with van der Waals surface area (Å²) < 4.78 is 0. The molecule has 0 fully saturated rings. The Balaban J connectivity index is 1.87. The van der Waals surface area contributed by atoms with Gasteiger partial charge >= 0.3 is 0 Å². The Morgan fingerprint density at radius 1 is 0.750 bits per heavy atom. The minimum Gasteiger partial charge on any atom is -0.0877 e. The van der Waals surface area contributed by atoms with Crippen LogP contribution >= 0.6 is 0 Å². The van der Waals surface area contributed by atoms with Crippen LogP contribution in [0.3, 0.4) is 0 Å². The van der Waals surface area contributed by atoms with Gasteiger partial charge in [-0.15, -0.1) is 0 Å². The summed E-state index contributed by atoms with van der Waals surface area (Å²) in [6.45, 7) is 22.7. The first-order valence-electron chi connectivity index (χ1n) is 15.3. The van der Waals surface area contributed by atoms with Gasteiger partial charge in [-0.2, -0.15) is 0 Å². The quantitative estimate of drug-likeness (QED) is 0.192. The molecule has 0 bridgehead atoms. The summed E-state index contributed by atoms with van der Waals surface area (Å²) in [5.74, 6) is 1.27. The lowest BCUT2D eigenvalue weighted by Gasteiger charge is -2.37. The Kier molecular flexibility index (Phi) is 13.2. The van der Waals surface area contributed by atoms with Gasteiger partial charge in [-0.05, 0) is 88.5 Å². The third-order valence-corrected chi connectivity index (χ3v) is 8.42. The molecule has 0 N–H and O–H groups in total. The van der Waals surface area contributed by atoms with Crippen molar-refractivity contribution >= 4 is 0 Å². The summed E-state index contributed by atoms with van der Waals surface area (Å²) in [5, 5.41) is 0. The van der Waals surface area contributed by atoms with Crippen LogP contribution in [0.5, 0.6) is 0 Å². The maximum absolute atomic E-state index is 2.41. The molecule has 0 nitrogen and oxygen atoms in total. The highest BCUT2D eigenvalue weighted by Gasteiger charge is 2.31. The van der Waals surface area contributed by atoms with Crippen LogP contribution in [0.1, 0.15) is 94.9 Å². The molecule has 2 aliphatic carbocycles. The van der Waals surface area contributed by atoms with Crippen LogP contribution in [0.4, 0.5) is 0 Å². The average Bonchev–Trinajstić information content (AvgIpc) is 2.85. The van der Waals surface area contributed by atoms with Crippen molar-refractivity contribution in [2.24, 2.45) is 22.7 Å². The molecule has 216 valence electrons. The molecule has 2 atom stereocenters. The molecule has 0 saturated heterocycles. The van der Waals surface area contributed by atoms with E-state index in [4.69, 9.17) is 0 Å². The lowest BCUT2D eigenvalue weighted by atomic mass is 9.68. The van der Waals surface area contributed by atoms with Crippen molar-refractivity contribution in [3.63, 3.8) is 0 Å². The standard InChI is InChI=1S/C40H56/c1-31(19-13-21-33(3)25-27-37-35(5)23-15-29-39(37,7)8)17-11-12-18-32(2)20-14-22-34(4)26-28-38-36(6)24-16-30-40(38,9)10/h11-15,17-22,25-29,35,37H,16,23-24,30H2,1-10H3/b12-11+,19-13+,20-14+,27-25+,28-26+,31-17-,32-18+,33-21+,34-22-/t35-,37+/m1/s1. The minimum atomic E-state index is 0.231. The highest BCUT2D eigenvalue weighted by Crippen LogP contribution is 2.41. The van der Waals surface area contributed by atoms with Crippen molar-refractivity contribution in [2.75, 3.05) is 0 Å².